The van der Waals surface area contributed by atoms with Gasteiger partial charge in [-0.25, -0.2) is 13.1 Å². The second-order valence-electron chi connectivity index (χ2n) is 6.84. The highest BCUT2D eigenvalue weighted by molar-refractivity contribution is 7.89. The number of aliphatic carboxylic acids is 1. The molecule has 2 fully saturated rings. The summed E-state index contributed by atoms with van der Waals surface area (Å²) in [7, 11) is -3.64. The van der Waals surface area contributed by atoms with Gasteiger partial charge in [0.1, 0.15) is 0 Å². The van der Waals surface area contributed by atoms with Crippen molar-refractivity contribution < 1.29 is 23.1 Å². The first-order valence-electron chi connectivity index (χ1n) is 8.44. The number of likely N-dealkylation sites (tertiary alicyclic amines) is 1. The second kappa shape index (κ2) is 6.76. The van der Waals surface area contributed by atoms with E-state index in [0.29, 0.717) is 12.8 Å². The fourth-order valence-corrected chi connectivity index (χ4v) is 4.39. The first-order valence-corrected chi connectivity index (χ1v) is 9.92. The van der Waals surface area contributed by atoms with Crippen molar-refractivity contribution in [1.82, 2.24) is 9.62 Å². The van der Waals surface area contributed by atoms with E-state index < -0.39 is 21.9 Å². The number of nitrogens with one attached hydrogen (secondary N) is 1. The van der Waals surface area contributed by atoms with Crippen molar-refractivity contribution in [2.75, 3.05) is 6.54 Å². The lowest BCUT2D eigenvalue weighted by molar-refractivity contribution is -0.143. The van der Waals surface area contributed by atoms with Gasteiger partial charge in [0.15, 0.2) is 0 Å². The number of benzene rings is 1. The van der Waals surface area contributed by atoms with Crippen LogP contribution in [-0.4, -0.2) is 48.9 Å². The van der Waals surface area contributed by atoms with E-state index in [-0.39, 0.29) is 35.0 Å². The molecule has 2 aliphatic rings. The Hall–Kier alpha value is -1.93. The smallest absolute Gasteiger partial charge is 0.308 e. The van der Waals surface area contributed by atoms with E-state index in [4.69, 9.17) is 0 Å². The summed E-state index contributed by atoms with van der Waals surface area (Å²) < 4.78 is 27.2. The van der Waals surface area contributed by atoms with Gasteiger partial charge >= 0.3 is 5.97 Å². The van der Waals surface area contributed by atoms with Gasteiger partial charge in [-0.3, -0.25) is 9.59 Å². The molecule has 7 nitrogen and oxygen atoms in total. The highest BCUT2D eigenvalue weighted by atomic mass is 32.2. The Morgan fingerprint density at radius 2 is 1.92 bits per heavy atom. The highest BCUT2D eigenvalue weighted by Crippen LogP contribution is 2.26. The first-order chi connectivity index (χ1) is 11.8. The topological polar surface area (TPSA) is 104 Å². The normalized spacial score (nSPS) is 24.1. The number of hydrogen-bond acceptors (Lipinski definition) is 4. The van der Waals surface area contributed by atoms with Crippen molar-refractivity contribution in [3.05, 3.63) is 29.8 Å². The van der Waals surface area contributed by atoms with Crippen LogP contribution in [0.15, 0.2) is 29.2 Å². The van der Waals surface area contributed by atoms with Gasteiger partial charge in [-0.15, -0.1) is 0 Å². The molecule has 136 valence electrons. The van der Waals surface area contributed by atoms with Crippen LogP contribution in [0.25, 0.3) is 0 Å². The number of sulfonamides is 1. The standard InChI is InChI=1S/C17H22N2O5S/c1-11-5-6-13(17(21)22)10-19(11)16(20)12-3-2-4-15(9-12)25(23,24)18-14-7-8-14/h2-4,9,11,13-14,18H,5-8,10H2,1H3,(H,21,22). The largest absolute Gasteiger partial charge is 0.481 e. The summed E-state index contributed by atoms with van der Waals surface area (Å²) >= 11 is 0. The van der Waals surface area contributed by atoms with Gasteiger partial charge in [-0.1, -0.05) is 6.07 Å². The third kappa shape index (κ3) is 4.01. The quantitative estimate of drug-likeness (QED) is 0.821. The van der Waals surface area contributed by atoms with Crippen LogP contribution in [0.4, 0.5) is 0 Å². The van der Waals surface area contributed by atoms with Crippen LogP contribution < -0.4 is 4.72 Å². The minimum Gasteiger partial charge on any atom is -0.481 e. The number of carbonyl (C=O) groups excluding carboxylic acids is 1. The number of carboxylic acid groups (broad SMARTS) is 1. The molecule has 0 bridgehead atoms. The van der Waals surface area contributed by atoms with Gasteiger partial charge in [0.05, 0.1) is 10.8 Å². The van der Waals surface area contributed by atoms with Crippen LogP contribution in [0.3, 0.4) is 0 Å². The third-order valence-corrected chi connectivity index (χ3v) is 6.30. The average Bonchev–Trinajstić information content (AvgIpc) is 3.38. The Kier molecular flexibility index (Phi) is 4.83. The summed E-state index contributed by atoms with van der Waals surface area (Å²) in [5.74, 6) is -1.82. The van der Waals surface area contributed by atoms with Crippen molar-refractivity contribution in [3.8, 4) is 0 Å². The maximum Gasteiger partial charge on any atom is 0.308 e. The van der Waals surface area contributed by atoms with Gasteiger partial charge < -0.3 is 10.0 Å². The van der Waals surface area contributed by atoms with Crippen molar-refractivity contribution >= 4 is 21.9 Å². The van der Waals surface area contributed by atoms with Crippen LogP contribution in [0.2, 0.25) is 0 Å². The number of nitrogens with zero attached hydrogens (tertiary/aromatic N) is 1. The monoisotopic (exact) mass is 366 g/mol. The van der Waals surface area contributed by atoms with Crippen LogP contribution in [0.5, 0.6) is 0 Å². The Bertz CT molecular complexity index is 788. The zero-order chi connectivity index (χ0) is 18.2. The predicted molar refractivity (Wildman–Crippen MR) is 90.6 cm³/mol. The van der Waals surface area contributed by atoms with Crippen molar-refractivity contribution in [2.24, 2.45) is 5.92 Å². The molecule has 3 rings (SSSR count). The lowest BCUT2D eigenvalue weighted by Crippen LogP contribution is -2.47. The minimum absolute atomic E-state index is 0.0113. The molecule has 8 heteroatoms. The number of carbonyl (C=O) groups is 2. The van der Waals surface area contributed by atoms with Gasteiger partial charge in [0.2, 0.25) is 10.0 Å². The van der Waals surface area contributed by atoms with E-state index in [9.17, 15) is 23.1 Å². The molecule has 1 saturated heterocycles. The first kappa shape index (κ1) is 17.9. The number of piperidine rings is 1. The molecule has 0 spiro atoms. The molecular formula is C17H22N2O5S. The molecule has 25 heavy (non-hydrogen) atoms. The molecule has 1 heterocycles. The Morgan fingerprint density at radius 1 is 1.20 bits per heavy atom. The van der Waals surface area contributed by atoms with Crippen LogP contribution in [0.1, 0.15) is 43.0 Å². The second-order valence-corrected chi connectivity index (χ2v) is 8.56. The highest BCUT2D eigenvalue weighted by Gasteiger charge is 2.33. The summed E-state index contributed by atoms with van der Waals surface area (Å²) in [5.41, 5.74) is 0.261. The fraction of sp³-hybridized carbons (Fsp3) is 0.529. The number of carboxylic acids is 1. The summed E-state index contributed by atoms with van der Waals surface area (Å²) in [6.45, 7) is 2.03. The average molecular weight is 366 g/mol. The van der Waals surface area contributed by atoms with Crippen LogP contribution in [-0.2, 0) is 14.8 Å². The number of hydrogen-bond donors (Lipinski definition) is 2. The molecule has 2 unspecified atom stereocenters. The molecule has 1 aromatic rings. The zero-order valence-electron chi connectivity index (χ0n) is 14.0. The summed E-state index contributed by atoms with van der Waals surface area (Å²) in [4.78, 5) is 25.6. The lowest BCUT2D eigenvalue weighted by atomic mass is 9.93. The third-order valence-electron chi connectivity index (χ3n) is 4.78. The summed E-state index contributed by atoms with van der Waals surface area (Å²) in [5, 5.41) is 9.21. The molecule has 1 amide bonds. The Balaban J connectivity index is 1.82. The predicted octanol–water partition coefficient (Wildman–Crippen LogP) is 1.45. The van der Waals surface area contributed by atoms with Gasteiger partial charge in [0, 0.05) is 24.2 Å². The Morgan fingerprint density at radius 3 is 2.56 bits per heavy atom. The van der Waals surface area contributed by atoms with E-state index >= 15 is 0 Å². The van der Waals surface area contributed by atoms with Gasteiger partial charge in [-0.2, -0.15) is 0 Å². The molecule has 1 aromatic carbocycles. The van der Waals surface area contributed by atoms with Crippen molar-refractivity contribution in [1.29, 1.82) is 0 Å². The maximum absolute atomic E-state index is 12.8. The van der Waals surface area contributed by atoms with E-state index in [0.717, 1.165) is 12.8 Å². The fourth-order valence-electron chi connectivity index (χ4n) is 3.04. The van der Waals surface area contributed by atoms with E-state index in [1.54, 1.807) is 6.07 Å². The lowest BCUT2D eigenvalue weighted by Gasteiger charge is -2.36. The molecule has 1 aliphatic heterocycles. The molecule has 2 N–H and O–H groups in total. The van der Waals surface area contributed by atoms with Gasteiger partial charge in [0.25, 0.3) is 5.91 Å². The molecule has 2 atom stereocenters. The summed E-state index contributed by atoms with van der Waals surface area (Å²) in [6.07, 6.45) is 2.82. The van der Waals surface area contributed by atoms with Gasteiger partial charge in [-0.05, 0) is 50.8 Å². The molecular weight excluding hydrogens is 344 g/mol. The maximum atomic E-state index is 12.8. The van der Waals surface area contributed by atoms with E-state index in [2.05, 4.69) is 4.72 Å². The van der Waals surface area contributed by atoms with Crippen LogP contribution >= 0.6 is 0 Å². The molecule has 1 aliphatic carbocycles. The van der Waals surface area contributed by atoms with Crippen LogP contribution in [0, 0.1) is 5.92 Å². The SMILES string of the molecule is CC1CCC(C(=O)O)CN1C(=O)c1cccc(S(=O)(=O)NC2CC2)c1. The Labute approximate surface area is 147 Å². The number of rotatable bonds is 5. The number of amides is 1. The summed E-state index contributed by atoms with van der Waals surface area (Å²) in [6, 6.07) is 5.84. The molecule has 0 aromatic heterocycles. The molecule has 1 saturated carbocycles. The van der Waals surface area contributed by atoms with E-state index in [1.807, 2.05) is 6.92 Å². The molecule has 0 radical (unpaired) electrons. The zero-order valence-corrected chi connectivity index (χ0v) is 14.8. The van der Waals surface area contributed by atoms with Crippen molar-refractivity contribution in [3.63, 3.8) is 0 Å². The van der Waals surface area contributed by atoms with E-state index in [1.165, 1.54) is 23.1 Å². The van der Waals surface area contributed by atoms with Crippen molar-refractivity contribution in [2.45, 2.75) is 49.6 Å². The minimum atomic E-state index is -3.64.